The highest BCUT2D eigenvalue weighted by Crippen LogP contribution is 2.14. The van der Waals surface area contributed by atoms with Crippen molar-refractivity contribution in [1.29, 1.82) is 0 Å². The lowest BCUT2D eigenvalue weighted by Gasteiger charge is -2.07. The SMILES string of the molecule is CCCn1nc(C)c(CNC(=O)c2cnc3ccccc3n2)c1C. The van der Waals surface area contributed by atoms with Gasteiger partial charge in [-0.1, -0.05) is 19.1 Å². The van der Waals surface area contributed by atoms with E-state index in [1.54, 1.807) is 0 Å². The van der Waals surface area contributed by atoms with Crippen LogP contribution in [0.25, 0.3) is 11.0 Å². The van der Waals surface area contributed by atoms with Gasteiger partial charge in [0.2, 0.25) is 0 Å². The first kappa shape index (κ1) is 16.1. The first-order valence-corrected chi connectivity index (χ1v) is 8.13. The van der Waals surface area contributed by atoms with E-state index in [0.29, 0.717) is 17.8 Å². The van der Waals surface area contributed by atoms with Crippen molar-refractivity contribution in [3.63, 3.8) is 0 Å². The van der Waals surface area contributed by atoms with E-state index in [-0.39, 0.29) is 5.91 Å². The maximum Gasteiger partial charge on any atom is 0.271 e. The molecule has 6 nitrogen and oxygen atoms in total. The van der Waals surface area contributed by atoms with Crippen LogP contribution in [-0.4, -0.2) is 25.7 Å². The van der Waals surface area contributed by atoms with Gasteiger partial charge < -0.3 is 5.32 Å². The number of aromatic nitrogens is 4. The molecule has 1 aromatic carbocycles. The van der Waals surface area contributed by atoms with Crippen LogP contribution in [0.15, 0.2) is 30.5 Å². The molecule has 2 aromatic heterocycles. The van der Waals surface area contributed by atoms with E-state index in [9.17, 15) is 4.79 Å². The highest BCUT2D eigenvalue weighted by Gasteiger charge is 2.14. The molecule has 0 saturated heterocycles. The van der Waals surface area contributed by atoms with Crippen LogP contribution in [0.1, 0.15) is 40.8 Å². The number of carbonyl (C=O) groups excluding carboxylic acids is 1. The molecule has 0 bridgehead atoms. The summed E-state index contributed by atoms with van der Waals surface area (Å²) in [4.78, 5) is 21.0. The smallest absolute Gasteiger partial charge is 0.271 e. The van der Waals surface area contributed by atoms with Gasteiger partial charge in [-0.15, -0.1) is 0 Å². The van der Waals surface area contributed by atoms with Crippen LogP contribution in [0, 0.1) is 13.8 Å². The molecule has 6 heteroatoms. The predicted molar refractivity (Wildman–Crippen MR) is 92.7 cm³/mol. The van der Waals surface area contributed by atoms with Crippen molar-refractivity contribution in [2.24, 2.45) is 0 Å². The van der Waals surface area contributed by atoms with Crippen molar-refractivity contribution in [1.82, 2.24) is 25.1 Å². The van der Waals surface area contributed by atoms with Crippen LogP contribution in [0.5, 0.6) is 0 Å². The maximum absolute atomic E-state index is 12.4. The Labute approximate surface area is 140 Å². The second-order valence-corrected chi connectivity index (χ2v) is 5.80. The molecule has 0 saturated carbocycles. The summed E-state index contributed by atoms with van der Waals surface area (Å²) in [7, 11) is 0. The quantitative estimate of drug-likeness (QED) is 0.783. The van der Waals surface area contributed by atoms with Crippen LogP contribution < -0.4 is 5.32 Å². The lowest BCUT2D eigenvalue weighted by Crippen LogP contribution is -2.24. The molecular weight excluding hydrogens is 302 g/mol. The molecule has 2 heterocycles. The molecule has 0 fully saturated rings. The van der Waals surface area contributed by atoms with E-state index in [1.165, 1.54) is 6.20 Å². The molecule has 0 aliphatic heterocycles. The average molecular weight is 323 g/mol. The topological polar surface area (TPSA) is 72.7 Å². The Balaban J connectivity index is 1.75. The van der Waals surface area contributed by atoms with Crippen LogP contribution in [-0.2, 0) is 13.1 Å². The largest absolute Gasteiger partial charge is 0.346 e. The minimum atomic E-state index is -0.227. The summed E-state index contributed by atoms with van der Waals surface area (Å²) in [5.74, 6) is -0.227. The zero-order valence-corrected chi connectivity index (χ0v) is 14.2. The molecule has 24 heavy (non-hydrogen) atoms. The number of fused-ring (bicyclic) bond motifs is 1. The van der Waals surface area contributed by atoms with Gasteiger partial charge in [-0.3, -0.25) is 14.5 Å². The van der Waals surface area contributed by atoms with Gasteiger partial charge in [0.05, 0.1) is 22.9 Å². The summed E-state index contributed by atoms with van der Waals surface area (Å²) in [5.41, 5.74) is 4.93. The number of amides is 1. The number of benzene rings is 1. The molecule has 3 aromatic rings. The predicted octanol–water partition coefficient (Wildman–Crippen LogP) is 2.78. The van der Waals surface area contributed by atoms with E-state index in [0.717, 1.165) is 35.4 Å². The van der Waals surface area contributed by atoms with Gasteiger partial charge >= 0.3 is 0 Å². The van der Waals surface area contributed by atoms with Crippen LogP contribution in [0.3, 0.4) is 0 Å². The Hall–Kier alpha value is -2.76. The number of rotatable bonds is 5. The third-order valence-corrected chi connectivity index (χ3v) is 4.07. The summed E-state index contributed by atoms with van der Waals surface area (Å²) in [6, 6.07) is 7.50. The van der Waals surface area contributed by atoms with E-state index in [2.05, 4.69) is 27.3 Å². The number of hydrogen-bond donors (Lipinski definition) is 1. The standard InChI is InChI=1S/C18H21N5O/c1-4-9-23-13(3)14(12(2)22-23)10-20-18(24)17-11-19-15-7-5-6-8-16(15)21-17/h5-8,11H,4,9-10H2,1-3H3,(H,20,24). The normalized spacial score (nSPS) is 11.0. The zero-order valence-electron chi connectivity index (χ0n) is 14.2. The second kappa shape index (κ2) is 6.78. The number of para-hydroxylation sites is 2. The first-order valence-electron chi connectivity index (χ1n) is 8.13. The Kier molecular flexibility index (Phi) is 4.55. The highest BCUT2D eigenvalue weighted by molar-refractivity contribution is 5.93. The number of aryl methyl sites for hydroxylation is 2. The fourth-order valence-electron chi connectivity index (χ4n) is 2.75. The summed E-state index contributed by atoms with van der Waals surface area (Å²) in [6.07, 6.45) is 2.54. The molecular formula is C18H21N5O. The Bertz CT molecular complexity index is 884. The molecule has 0 radical (unpaired) electrons. The van der Waals surface area contributed by atoms with Gasteiger partial charge in [-0.25, -0.2) is 4.98 Å². The zero-order chi connectivity index (χ0) is 17.1. The molecule has 0 aliphatic carbocycles. The summed E-state index contributed by atoms with van der Waals surface area (Å²) >= 11 is 0. The van der Waals surface area contributed by atoms with Crippen molar-refractivity contribution >= 4 is 16.9 Å². The van der Waals surface area contributed by atoms with Gasteiger partial charge in [0, 0.05) is 24.3 Å². The van der Waals surface area contributed by atoms with E-state index >= 15 is 0 Å². The van der Waals surface area contributed by atoms with Crippen molar-refractivity contribution < 1.29 is 4.79 Å². The minimum absolute atomic E-state index is 0.227. The Morgan fingerprint density at radius 3 is 2.71 bits per heavy atom. The first-order chi connectivity index (χ1) is 11.6. The summed E-state index contributed by atoms with van der Waals surface area (Å²) in [5, 5.41) is 7.45. The van der Waals surface area contributed by atoms with Gasteiger partial charge in [0.1, 0.15) is 5.69 Å². The lowest BCUT2D eigenvalue weighted by atomic mass is 10.2. The molecule has 3 rings (SSSR count). The van der Waals surface area contributed by atoms with Gasteiger partial charge in [-0.05, 0) is 32.4 Å². The molecule has 0 atom stereocenters. The molecule has 0 aliphatic rings. The number of nitrogens with zero attached hydrogens (tertiary/aromatic N) is 4. The maximum atomic E-state index is 12.4. The van der Waals surface area contributed by atoms with E-state index in [4.69, 9.17) is 0 Å². The second-order valence-electron chi connectivity index (χ2n) is 5.80. The average Bonchev–Trinajstić information content (AvgIpc) is 2.86. The number of hydrogen-bond acceptors (Lipinski definition) is 4. The van der Waals surface area contributed by atoms with Crippen molar-refractivity contribution in [3.05, 3.63) is 53.1 Å². The van der Waals surface area contributed by atoms with E-state index in [1.807, 2.05) is 42.8 Å². The summed E-state index contributed by atoms with van der Waals surface area (Å²) < 4.78 is 1.99. The Morgan fingerprint density at radius 2 is 1.96 bits per heavy atom. The lowest BCUT2D eigenvalue weighted by molar-refractivity contribution is 0.0946. The van der Waals surface area contributed by atoms with Gasteiger partial charge in [0.15, 0.2) is 0 Å². The summed E-state index contributed by atoms with van der Waals surface area (Å²) in [6.45, 7) is 7.45. The Morgan fingerprint density at radius 1 is 1.21 bits per heavy atom. The van der Waals surface area contributed by atoms with E-state index < -0.39 is 0 Å². The number of nitrogens with one attached hydrogen (secondary N) is 1. The van der Waals surface area contributed by atoms with Crippen LogP contribution in [0.2, 0.25) is 0 Å². The van der Waals surface area contributed by atoms with Crippen molar-refractivity contribution in [3.8, 4) is 0 Å². The minimum Gasteiger partial charge on any atom is -0.346 e. The third kappa shape index (κ3) is 3.13. The van der Waals surface area contributed by atoms with Crippen molar-refractivity contribution in [2.75, 3.05) is 0 Å². The third-order valence-electron chi connectivity index (χ3n) is 4.07. The molecule has 0 unspecified atom stereocenters. The fourth-order valence-corrected chi connectivity index (χ4v) is 2.75. The van der Waals surface area contributed by atoms with Crippen molar-refractivity contribution in [2.45, 2.75) is 40.3 Å². The highest BCUT2D eigenvalue weighted by atomic mass is 16.1. The monoisotopic (exact) mass is 323 g/mol. The molecule has 1 N–H and O–H groups in total. The van der Waals surface area contributed by atoms with Gasteiger partial charge in [-0.2, -0.15) is 5.10 Å². The van der Waals surface area contributed by atoms with Crippen LogP contribution in [0.4, 0.5) is 0 Å². The molecule has 0 spiro atoms. The molecule has 1 amide bonds. The van der Waals surface area contributed by atoms with Crippen LogP contribution >= 0.6 is 0 Å². The number of carbonyl (C=O) groups is 1. The fraction of sp³-hybridized carbons (Fsp3) is 0.333. The molecule has 124 valence electrons. The van der Waals surface area contributed by atoms with Gasteiger partial charge in [0.25, 0.3) is 5.91 Å².